The molecule has 1 atom stereocenters. The summed E-state index contributed by atoms with van der Waals surface area (Å²) < 4.78 is 5.29. The lowest BCUT2D eigenvalue weighted by Gasteiger charge is -2.31. The molecule has 5 nitrogen and oxygen atoms in total. The third kappa shape index (κ3) is 5.37. The molecule has 0 aliphatic carbocycles. The summed E-state index contributed by atoms with van der Waals surface area (Å²) in [6, 6.07) is 16.1. The van der Waals surface area contributed by atoms with E-state index in [2.05, 4.69) is 5.32 Å². The van der Waals surface area contributed by atoms with Crippen molar-refractivity contribution in [2.75, 3.05) is 23.1 Å². The number of carbonyl (C=O) groups is 1. The van der Waals surface area contributed by atoms with Gasteiger partial charge >= 0.3 is 6.03 Å². The molecule has 3 rings (SSSR count). The smallest absolute Gasteiger partial charge is 0.326 e. The lowest BCUT2D eigenvalue weighted by Crippen LogP contribution is -2.37. The van der Waals surface area contributed by atoms with Crippen LogP contribution in [-0.2, 0) is 12.8 Å². The van der Waals surface area contributed by atoms with Crippen LogP contribution in [0.3, 0.4) is 0 Å². The number of hydrogen-bond donors (Lipinski definition) is 2. The molecule has 0 fully saturated rings. The third-order valence-corrected chi connectivity index (χ3v) is 6.36. The number of amides is 2. The van der Waals surface area contributed by atoms with Crippen LogP contribution in [-0.4, -0.2) is 13.1 Å². The molecule has 0 aliphatic heterocycles. The second-order valence-corrected chi connectivity index (χ2v) is 8.56. The van der Waals surface area contributed by atoms with Crippen LogP contribution >= 0.6 is 23.2 Å². The highest BCUT2D eigenvalue weighted by Gasteiger charge is 2.26. The van der Waals surface area contributed by atoms with Gasteiger partial charge in [0.05, 0.1) is 18.8 Å². The zero-order valence-corrected chi connectivity index (χ0v) is 20.8. The van der Waals surface area contributed by atoms with E-state index in [0.717, 1.165) is 22.4 Å². The third-order valence-electron chi connectivity index (χ3n) is 5.77. The number of rotatable bonds is 7. The summed E-state index contributed by atoms with van der Waals surface area (Å²) in [5.74, 6) is 0.711. The maximum atomic E-state index is 13.8. The van der Waals surface area contributed by atoms with E-state index in [1.165, 1.54) is 0 Å². The highest BCUT2D eigenvalue weighted by Crippen LogP contribution is 2.36. The van der Waals surface area contributed by atoms with Gasteiger partial charge in [0, 0.05) is 21.4 Å². The largest absolute Gasteiger partial charge is 0.497 e. The molecule has 3 N–H and O–H groups in total. The fraction of sp³-hybridized carbons (Fsp3) is 0.269. The lowest BCUT2D eigenvalue weighted by molar-refractivity contribution is 0.255. The summed E-state index contributed by atoms with van der Waals surface area (Å²) in [5.41, 5.74) is 10.9. The van der Waals surface area contributed by atoms with Gasteiger partial charge in [0.2, 0.25) is 0 Å². The van der Waals surface area contributed by atoms with Crippen LogP contribution in [0.5, 0.6) is 5.75 Å². The zero-order chi connectivity index (χ0) is 24.1. The molecule has 0 heterocycles. The molecule has 0 saturated carbocycles. The van der Waals surface area contributed by atoms with Crippen molar-refractivity contribution >= 4 is 46.3 Å². The molecule has 33 heavy (non-hydrogen) atoms. The van der Waals surface area contributed by atoms with Gasteiger partial charge < -0.3 is 15.8 Å². The van der Waals surface area contributed by atoms with Crippen LogP contribution in [0.25, 0.3) is 0 Å². The highest BCUT2D eigenvalue weighted by molar-refractivity contribution is 6.32. The Morgan fingerprint density at radius 2 is 1.64 bits per heavy atom. The van der Waals surface area contributed by atoms with Gasteiger partial charge in [-0.1, -0.05) is 49.2 Å². The molecule has 3 aromatic carbocycles. The topological polar surface area (TPSA) is 67.6 Å². The van der Waals surface area contributed by atoms with Gasteiger partial charge in [-0.05, 0) is 78.9 Å². The Balaban J connectivity index is 2.07. The molecule has 174 valence electrons. The van der Waals surface area contributed by atoms with Crippen molar-refractivity contribution in [2.45, 2.75) is 39.7 Å². The molecule has 0 radical (unpaired) electrons. The van der Waals surface area contributed by atoms with E-state index in [1.54, 1.807) is 18.1 Å². The Hall–Kier alpha value is -2.89. The van der Waals surface area contributed by atoms with Crippen molar-refractivity contribution in [3.05, 3.63) is 81.3 Å². The van der Waals surface area contributed by atoms with E-state index in [0.29, 0.717) is 40.0 Å². The van der Waals surface area contributed by atoms with Gasteiger partial charge in [0.15, 0.2) is 0 Å². The first-order valence-electron chi connectivity index (χ1n) is 10.9. The minimum Gasteiger partial charge on any atom is -0.497 e. The van der Waals surface area contributed by atoms with Crippen LogP contribution in [0.15, 0.2) is 54.6 Å². The summed E-state index contributed by atoms with van der Waals surface area (Å²) in [6.45, 7) is 5.98. The summed E-state index contributed by atoms with van der Waals surface area (Å²) in [6.07, 6.45) is 1.33. The van der Waals surface area contributed by atoms with Crippen molar-refractivity contribution in [1.29, 1.82) is 0 Å². The van der Waals surface area contributed by atoms with Gasteiger partial charge in [0.25, 0.3) is 0 Å². The summed E-state index contributed by atoms with van der Waals surface area (Å²) >= 11 is 12.6. The summed E-state index contributed by atoms with van der Waals surface area (Å²) in [7, 11) is 1.61. The number of urea groups is 1. The normalized spacial score (nSPS) is 11.7. The van der Waals surface area contributed by atoms with Crippen molar-refractivity contribution in [3.63, 3.8) is 0 Å². The average Bonchev–Trinajstić information content (AvgIpc) is 2.80. The van der Waals surface area contributed by atoms with Gasteiger partial charge in [-0.25, -0.2) is 4.79 Å². The van der Waals surface area contributed by atoms with Gasteiger partial charge in [-0.2, -0.15) is 0 Å². The molecule has 2 amide bonds. The van der Waals surface area contributed by atoms with Crippen LogP contribution in [0.4, 0.5) is 21.9 Å². The molecule has 0 aromatic heterocycles. The number of benzene rings is 3. The first-order chi connectivity index (χ1) is 15.8. The van der Waals surface area contributed by atoms with Crippen molar-refractivity contribution in [3.8, 4) is 5.75 Å². The average molecular weight is 486 g/mol. The van der Waals surface area contributed by atoms with E-state index in [4.69, 9.17) is 33.7 Å². The Kier molecular flexibility index (Phi) is 8.11. The Morgan fingerprint density at radius 1 is 1.03 bits per heavy atom. The van der Waals surface area contributed by atoms with Gasteiger partial charge in [0.1, 0.15) is 5.75 Å². The molecule has 0 spiro atoms. The Bertz CT molecular complexity index is 1090. The molecule has 0 saturated heterocycles. The van der Waals surface area contributed by atoms with E-state index in [9.17, 15) is 4.79 Å². The number of methoxy groups -OCH3 is 1. The van der Waals surface area contributed by atoms with E-state index in [1.807, 2.05) is 69.3 Å². The first kappa shape index (κ1) is 24.7. The molecular weight excluding hydrogens is 457 g/mol. The molecular formula is C26H29Cl2N3O2. The minimum absolute atomic E-state index is 0.276. The number of halogens is 2. The number of anilines is 3. The predicted octanol–water partition coefficient (Wildman–Crippen LogP) is 7.51. The number of carbonyl (C=O) groups excluding carboxylic acids is 1. The van der Waals surface area contributed by atoms with E-state index < -0.39 is 0 Å². The minimum atomic E-state index is -0.284. The van der Waals surface area contributed by atoms with Gasteiger partial charge in [-0.3, -0.25) is 4.90 Å². The number of nitrogens with zero attached hydrogens (tertiary/aromatic N) is 1. The molecule has 0 aliphatic rings. The number of ether oxygens (including phenoxy) is 1. The van der Waals surface area contributed by atoms with Crippen LogP contribution in [0.2, 0.25) is 10.0 Å². The zero-order valence-electron chi connectivity index (χ0n) is 19.3. The summed E-state index contributed by atoms with van der Waals surface area (Å²) in [5, 5.41) is 4.30. The Labute approximate surface area is 205 Å². The quantitative estimate of drug-likeness (QED) is 0.340. The van der Waals surface area contributed by atoms with Crippen molar-refractivity contribution in [1.82, 2.24) is 0 Å². The molecule has 0 unspecified atom stereocenters. The van der Waals surface area contributed by atoms with Crippen LogP contribution < -0.4 is 20.7 Å². The molecule has 0 bridgehead atoms. The number of nitrogens with one attached hydrogen (secondary N) is 1. The molecule has 7 heteroatoms. The number of hydrogen-bond acceptors (Lipinski definition) is 3. The van der Waals surface area contributed by atoms with Crippen LogP contribution in [0.1, 0.15) is 43.5 Å². The maximum absolute atomic E-state index is 13.8. The second kappa shape index (κ2) is 10.8. The fourth-order valence-corrected chi connectivity index (χ4v) is 4.42. The van der Waals surface area contributed by atoms with Crippen LogP contribution in [0, 0.1) is 0 Å². The monoisotopic (exact) mass is 485 g/mol. The first-order valence-corrected chi connectivity index (χ1v) is 11.7. The number of nitrogen functional groups attached to an aromatic ring is 1. The highest BCUT2D eigenvalue weighted by atomic mass is 35.5. The Morgan fingerprint density at radius 3 is 2.18 bits per heavy atom. The standard InChI is InChI=1S/C26H29Cl2N3O2/c1-5-21-23(28)15-24(29)22(6-2)25(21)30-26(32)31(19-11-13-20(33-4)14-12-19)16(3)17-7-9-18(27)10-8-17/h7-16H,5-6,29H2,1-4H3,(H,30,32)/t16-/m0/s1. The molecule has 3 aromatic rings. The predicted molar refractivity (Wildman–Crippen MR) is 139 cm³/mol. The number of nitrogens with two attached hydrogens (primary N) is 1. The van der Waals surface area contributed by atoms with E-state index in [-0.39, 0.29) is 12.1 Å². The fourth-order valence-electron chi connectivity index (χ4n) is 3.95. The van der Waals surface area contributed by atoms with Crippen molar-refractivity contribution < 1.29 is 9.53 Å². The lowest BCUT2D eigenvalue weighted by atomic mass is 10.0. The van der Waals surface area contributed by atoms with E-state index >= 15 is 0 Å². The second-order valence-electron chi connectivity index (χ2n) is 7.71. The SMILES string of the molecule is CCc1c(N)cc(Cl)c(CC)c1NC(=O)N(c1ccc(OC)cc1)[C@@H](C)c1ccc(Cl)cc1. The van der Waals surface area contributed by atoms with Crippen molar-refractivity contribution in [2.24, 2.45) is 0 Å². The maximum Gasteiger partial charge on any atom is 0.326 e. The summed E-state index contributed by atoms with van der Waals surface area (Å²) in [4.78, 5) is 15.5. The van der Waals surface area contributed by atoms with Gasteiger partial charge in [-0.15, -0.1) is 0 Å².